The Morgan fingerprint density at radius 2 is 2.25 bits per heavy atom. The molecule has 2 aromatic rings. The molecule has 1 aliphatic rings. The van der Waals surface area contributed by atoms with Crippen LogP contribution in [0, 0.1) is 0 Å². The summed E-state index contributed by atoms with van der Waals surface area (Å²) in [5.74, 6) is 0. The average Bonchev–Trinajstić information content (AvgIpc) is 2.46. The molecule has 0 radical (unpaired) electrons. The SMILES string of the molecule is C[C@H]1Cn2c(Cl)nc3ccc(Cl)c(c32)CN1. The molecule has 0 saturated carbocycles. The first-order valence-electron chi connectivity index (χ1n) is 5.23. The second kappa shape index (κ2) is 3.62. The van der Waals surface area contributed by atoms with Gasteiger partial charge in [-0.1, -0.05) is 11.6 Å². The van der Waals surface area contributed by atoms with Crippen molar-refractivity contribution in [2.45, 2.75) is 26.1 Å². The Balaban J connectivity index is 2.38. The lowest BCUT2D eigenvalue weighted by Crippen LogP contribution is -2.27. The molecule has 1 N–H and O–H groups in total. The molecule has 0 amide bonds. The summed E-state index contributed by atoms with van der Waals surface area (Å²) in [5, 5.41) is 4.72. The summed E-state index contributed by atoms with van der Waals surface area (Å²) >= 11 is 12.4. The minimum absolute atomic E-state index is 0.360. The van der Waals surface area contributed by atoms with E-state index >= 15 is 0 Å². The van der Waals surface area contributed by atoms with E-state index in [1.165, 1.54) is 0 Å². The van der Waals surface area contributed by atoms with Gasteiger partial charge in [0.1, 0.15) is 0 Å². The smallest absolute Gasteiger partial charge is 0.203 e. The summed E-state index contributed by atoms with van der Waals surface area (Å²) in [6, 6.07) is 4.16. The van der Waals surface area contributed by atoms with Crippen LogP contribution in [0.4, 0.5) is 0 Å². The van der Waals surface area contributed by atoms with Gasteiger partial charge in [-0.25, -0.2) is 4.98 Å². The van der Waals surface area contributed by atoms with E-state index < -0.39 is 0 Å². The zero-order valence-corrected chi connectivity index (χ0v) is 10.3. The van der Waals surface area contributed by atoms with E-state index in [-0.39, 0.29) is 0 Å². The van der Waals surface area contributed by atoms with Crippen molar-refractivity contribution >= 4 is 34.2 Å². The van der Waals surface area contributed by atoms with Crippen molar-refractivity contribution in [1.29, 1.82) is 0 Å². The standard InChI is InChI=1S/C11H11Cl2N3/c1-6-5-16-10-7(4-14-6)8(12)2-3-9(10)15-11(16)13/h2-3,6,14H,4-5H2,1H3/t6-/m0/s1. The van der Waals surface area contributed by atoms with Crippen molar-refractivity contribution in [3.05, 3.63) is 28.0 Å². The highest BCUT2D eigenvalue weighted by Gasteiger charge is 2.20. The molecule has 2 heterocycles. The molecular formula is C11H11Cl2N3. The van der Waals surface area contributed by atoms with E-state index in [1.807, 2.05) is 16.7 Å². The predicted molar refractivity (Wildman–Crippen MR) is 66.1 cm³/mol. The maximum Gasteiger partial charge on any atom is 0.203 e. The van der Waals surface area contributed by atoms with Gasteiger partial charge in [-0.3, -0.25) is 0 Å². The zero-order valence-electron chi connectivity index (χ0n) is 8.80. The second-order valence-corrected chi connectivity index (χ2v) is 4.91. The highest BCUT2D eigenvalue weighted by Crippen LogP contribution is 2.30. The van der Waals surface area contributed by atoms with Crippen LogP contribution in [0.1, 0.15) is 12.5 Å². The van der Waals surface area contributed by atoms with Crippen LogP contribution in [-0.4, -0.2) is 15.6 Å². The highest BCUT2D eigenvalue weighted by molar-refractivity contribution is 6.32. The van der Waals surface area contributed by atoms with Gasteiger partial charge >= 0.3 is 0 Å². The van der Waals surface area contributed by atoms with Gasteiger partial charge in [0.15, 0.2) is 0 Å². The molecule has 84 valence electrons. The minimum atomic E-state index is 0.360. The number of hydrogen-bond donors (Lipinski definition) is 1. The third-order valence-electron chi connectivity index (χ3n) is 2.99. The quantitative estimate of drug-likeness (QED) is 0.785. The molecule has 0 spiro atoms. The Morgan fingerprint density at radius 3 is 3.06 bits per heavy atom. The number of rotatable bonds is 0. The van der Waals surface area contributed by atoms with Crippen molar-refractivity contribution < 1.29 is 0 Å². The molecule has 1 atom stereocenters. The number of nitrogens with one attached hydrogen (secondary N) is 1. The summed E-state index contributed by atoms with van der Waals surface area (Å²) in [4.78, 5) is 4.34. The molecule has 0 aliphatic carbocycles. The normalized spacial score (nSPS) is 20.1. The van der Waals surface area contributed by atoms with Crippen molar-refractivity contribution in [2.24, 2.45) is 0 Å². The summed E-state index contributed by atoms with van der Waals surface area (Å²) in [7, 11) is 0. The molecule has 0 unspecified atom stereocenters. The van der Waals surface area contributed by atoms with Crippen molar-refractivity contribution in [3.8, 4) is 0 Å². The second-order valence-electron chi connectivity index (χ2n) is 4.17. The number of hydrogen-bond acceptors (Lipinski definition) is 2. The van der Waals surface area contributed by atoms with Gasteiger partial charge in [-0.2, -0.15) is 0 Å². The number of benzene rings is 1. The highest BCUT2D eigenvalue weighted by atomic mass is 35.5. The lowest BCUT2D eigenvalue weighted by molar-refractivity contribution is 0.497. The zero-order chi connectivity index (χ0) is 11.3. The summed E-state index contributed by atoms with van der Waals surface area (Å²) in [5.41, 5.74) is 3.07. The van der Waals surface area contributed by atoms with Crippen LogP contribution in [0.2, 0.25) is 10.3 Å². The summed E-state index contributed by atoms with van der Waals surface area (Å²) in [6.45, 7) is 3.71. The molecule has 1 aromatic heterocycles. The monoisotopic (exact) mass is 255 g/mol. The Kier molecular flexibility index (Phi) is 2.35. The summed E-state index contributed by atoms with van der Waals surface area (Å²) < 4.78 is 2.03. The fraction of sp³-hybridized carbons (Fsp3) is 0.364. The van der Waals surface area contributed by atoms with Gasteiger partial charge < -0.3 is 9.88 Å². The molecule has 16 heavy (non-hydrogen) atoms. The molecule has 1 aromatic carbocycles. The molecule has 1 aliphatic heterocycles. The Hall–Kier alpha value is -0.770. The van der Waals surface area contributed by atoms with Crippen molar-refractivity contribution in [1.82, 2.24) is 14.9 Å². The van der Waals surface area contributed by atoms with Gasteiger partial charge in [0.05, 0.1) is 11.0 Å². The van der Waals surface area contributed by atoms with Crippen LogP contribution >= 0.6 is 23.2 Å². The first kappa shape index (κ1) is 10.4. The fourth-order valence-electron chi connectivity index (χ4n) is 2.19. The molecule has 0 saturated heterocycles. The third kappa shape index (κ3) is 1.43. The number of halogens is 2. The van der Waals surface area contributed by atoms with E-state index in [1.54, 1.807) is 0 Å². The van der Waals surface area contributed by atoms with E-state index in [0.717, 1.165) is 34.7 Å². The predicted octanol–water partition coefficient (Wildman–Crippen LogP) is 2.83. The number of nitrogens with zero attached hydrogens (tertiary/aromatic N) is 2. The van der Waals surface area contributed by atoms with E-state index in [2.05, 4.69) is 17.2 Å². The largest absolute Gasteiger partial charge is 0.313 e. The van der Waals surface area contributed by atoms with Crippen molar-refractivity contribution in [3.63, 3.8) is 0 Å². The van der Waals surface area contributed by atoms with Gasteiger partial charge in [0.2, 0.25) is 5.28 Å². The van der Waals surface area contributed by atoms with E-state index in [9.17, 15) is 0 Å². The molecule has 0 fully saturated rings. The first-order valence-corrected chi connectivity index (χ1v) is 5.99. The number of imidazole rings is 1. The van der Waals surface area contributed by atoms with Gasteiger partial charge in [0, 0.05) is 29.7 Å². The number of aromatic nitrogens is 2. The van der Waals surface area contributed by atoms with Crippen LogP contribution < -0.4 is 5.32 Å². The molecule has 0 bridgehead atoms. The van der Waals surface area contributed by atoms with Crippen molar-refractivity contribution in [2.75, 3.05) is 0 Å². The van der Waals surface area contributed by atoms with Crippen LogP contribution in [0.25, 0.3) is 11.0 Å². The summed E-state index contributed by atoms with van der Waals surface area (Å²) in [6.07, 6.45) is 0. The van der Waals surface area contributed by atoms with Gasteiger partial charge in [-0.05, 0) is 30.7 Å². The molecular weight excluding hydrogens is 245 g/mol. The Bertz CT molecular complexity index is 562. The Labute approximate surface area is 103 Å². The maximum absolute atomic E-state index is 6.21. The van der Waals surface area contributed by atoms with Crippen LogP contribution in [0.3, 0.4) is 0 Å². The van der Waals surface area contributed by atoms with E-state index in [4.69, 9.17) is 23.2 Å². The molecule has 5 heteroatoms. The van der Waals surface area contributed by atoms with Gasteiger partial charge in [0.25, 0.3) is 0 Å². The maximum atomic E-state index is 6.21. The third-order valence-corrected chi connectivity index (χ3v) is 3.64. The topological polar surface area (TPSA) is 29.9 Å². The average molecular weight is 256 g/mol. The fourth-order valence-corrected chi connectivity index (χ4v) is 2.66. The van der Waals surface area contributed by atoms with Gasteiger partial charge in [-0.15, -0.1) is 0 Å². The minimum Gasteiger partial charge on any atom is -0.313 e. The lowest BCUT2D eigenvalue weighted by atomic mass is 10.2. The molecule has 3 nitrogen and oxygen atoms in total. The first-order chi connectivity index (χ1) is 7.66. The van der Waals surface area contributed by atoms with E-state index in [0.29, 0.717) is 11.3 Å². The molecule has 3 rings (SSSR count). The van der Waals surface area contributed by atoms with Crippen LogP contribution in [-0.2, 0) is 13.1 Å². The lowest BCUT2D eigenvalue weighted by Gasteiger charge is -2.10. The van der Waals surface area contributed by atoms with Crippen LogP contribution in [0.5, 0.6) is 0 Å². The van der Waals surface area contributed by atoms with Crippen LogP contribution in [0.15, 0.2) is 12.1 Å². The Morgan fingerprint density at radius 1 is 1.44 bits per heavy atom.